The molecule has 0 atom stereocenters. The van der Waals surface area contributed by atoms with Crippen LogP contribution < -0.4 is 14.9 Å². The first-order chi connectivity index (χ1) is 11.0. The van der Waals surface area contributed by atoms with Crippen LogP contribution in [-0.2, 0) is 0 Å². The number of Topliss-reactive ketones (excluding diaryl/α,β-unsaturated/α-hetero) is 1. The van der Waals surface area contributed by atoms with Gasteiger partial charge in [-0.2, -0.15) is 5.10 Å². The standard InChI is InChI=1S/C16H19N3O3S/c1-5-22-14-8-12(6-7-13(14)21-4)9-17-19-16-18-10(2)15(23-16)11(3)20/h6-9H,5H2,1-4H3,(H,18,19)/b17-9-. The van der Waals surface area contributed by atoms with E-state index >= 15 is 0 Å². The van der Waals surface area contributed by atoms with Gasteiger partial charge in [-0.05, 0) is 37.6 Å². The number of carbonyl (C=O) groups excluding carboxylic acids is 1. The Hall–Kier alpha value is -2.41. The molecule has 2 rings (SSSR count). The van der Waals surface area contributed by atoms with E-state index in [2.05, 4.69) is 15.5 Å². The Labute approximate surface area is 139 Å². The van der Waals surface area contributed by atoms with Gasteiger partial charge in [0, 0.05) is 6.92 Å². The molecule has 2 aromatic rings. The van der Waals surface area contributed by atoms with Gasteiger partial charge in [-0.25, -0.2) is 4.98 Å². The van der Waals surface area contributed by atoms with Crippen LogP contribution in [0.5, 0.6) is 11.5 Å². The van der Waals surface area contributed by atoms with E-state index in [9.17, 15) is 4.79 Å². The lowest BCUT2D eigenvalue weighted by Crippen LogP contribution is -1.97. The molecular weight excluding hydrogens is 314 g/mol. The van der Waals surface area contributed by atoms with E-state index in [1.54, 1.807) is 20.2 Å². The Morgan fingerprint density at radius 3 is 2.83 bits per heavy atom. The lowest BCUT2D eigenvalue weighted by Gasteiger charge is -2.09. The molecule has 7 heteroatoms. The van der Waals surface area contributed by atoms with Crippen molar-refractivity contribution in [2.75, 3.05) is 19.1 Å². The van der Waals surface area contributed by atoms with Crippen molar-refractivity contribution in [3.05, 3.63) is 34.3 Å². The molecular formula is C16H19N3O3S. The first kappa shape index (κ1) is 17.0. The Morgan fingerprint density at radius 2 is 2.22 bits per heavy atom. The number of benzene rings is 1. The minimum absolute atomic E-state index is 0.00791. The largest absolute Gasteiger partial charge is 0.493 e. The molecule has 1 heterocycles. The van der Waals surface area contributed by atoms with Crippen molar-refractivity contribution >= 4 is 28.5 Å². The van der Waals surface area contributed by atoms with Crippen molar-refractivity contribution in [2.45, 2.75) is 20.8 Å². The van der Waals surface area contributed by atoms with Gasteiger partial charge in [-0.15, -0.1) is 0 Å². The van der Waals surface area contributed by atoms with E-state index in [-0.39, 0.29) is 5.78 Å². The van der Waals surface area contributed by atoms with Gasteiger partial charge in [-0.1, -0.05) is 11.3 Å². The minimum atomic E-state index is 0.00791. The third kappa shape index (κ3) is 4.29. The van der Waals surface area contributed by atoms with Gasteiger partial charge in [0.1, 0.15) is 0 Å². The lowest BCUT2D eigenvalue weighted by atomic mass is 10.2. The Balaban J connectivity index is 2.09. The number of aromatic nitrogens is 1. The van der Waals surface area contributed by atoms with Crippen molar-refractivity contribution in [1.82, 2.24) is 4.98 Å². The molecule has 0 amide bonds. The molecule has 0 bridgehead atoms. The van der Waals surface area contributed by atoms with Crippen molar-refractivity contribution < 1.29 is 14.3 Å². The molecule has 23 heavy (non-hydrogen) atoms. The fourth-order valence-corrected chi connectivity index (χ4v) is 2.79. The summed E-state index contributed by atoms with van der Waals surface area (Å²) in [5.74, 6) is 1.36. The average molecular weight is 333 g/mol. The smallest absolute Gasteiger partial charge is 0.204 e. The molecule has 0 fully saturated rings. The van der Waals surface area contributed by atoms with E-state index in [1.807, 2.05) is 25.1 Å². The average Bonchev–Trinajstić information content (AvgIpc) is 2.89. The Morgan fingerprint density at radius 1 is 1.43 bits per heavy atom. The van der Waals surface area contributed by atoms with Crippen molar-refractivity contribution in [3.63, 3.8) is 0 Å². The quantitative estimate of drug-likeness (QED) is 0.477. The number of hydrazone groups is 1. The first-order valence-electron chi connectivity index (χ1n) is 7.13. The summed E-state index contributed by atoms with van der Waals surface area (Å²) in [7, 11) is 1.60. The van der Waals surface area contributed by atoms with Crippen LogP contribution in [0.25, 0.3) is 0 Å². The summed E-state index contributed by atoms with van der Waals surface area (Å²) in [6.07, 6.45) is 1.66. The number of hydrogen-bond donors (Lipinski definition) is 1. The van der Waals surface area contributed by atoms with Gasteiger partial charge >= 0.3 is 0 Å². The summed E-state index contributed by atoms with van der Waals surface area (Å²) in [6, 6.07) is 5.55. The Kier molecular flexibility index (Phi) is 5.70. The van der Waals surface area contributed by atoms with Gasteiger partial charge in [0.2, 0.25) is 5.13 Å². The van der Waals surface area contributed by atoms with Crippen LogP contribution in [0, 0.1) is 6.92 Å². The predicted molar refractivity (Wildman–Crippen MR) is 92.2 cm³/mol. The van der Waals surface area contributed by atoms with Gasteiger partial charge in [0.15, 0.2) is 17.3 Å². The number of rotatable bonds is 7. The van der Waals surface area contributed by atoms with E-state index in [0.29, 0.717) is 33.8 Å². The molecule has 0 radical (unpaired) electrons. The van der Waals surface area contributed by atoms with Gasteiger partial charge in [0.05, 0.1) is 30.5 Å². The fourth-order valence-electron chi connectivity index (χ4n) is 1.97. The highest BCUT2D eigenvalue weighted by Crippen LogP contribution is 2.27. The van der Waals surface area contributed by atoms with Crippen molar-refractivity contribution in [1.29, 1.82) is 0 Å². The third-order valence-corrected chi connectivity index (χ3v) is 4.14. The molecule has 0 spiro atoms. The number of hydrogen-bond acceptors (Lipinski definition) is 7. The van der Waals surface area contributed by atoms with Crippen molar-refractivity contribution in [3.8, 4) is 11.5 Å². The number of thiazole rings is 1. The van der Waals surface area contributed by atoms with Crippen LogP contribution in [0.1, 0.15) is 34.8 Å². The molecule has 0 unspecified atom stereocenters. The number of carbonyl (C=O) groups is 1. The highest BCUT2D eigenvalue weighted by atomic mass is 32.1. The Bertz CT molecular complexity index is 725. The fraction of sp³-hybridized carbons (Fsp3) is 0.312. The molecule has 0 aliphatic heterocycles. The van der Waals surface area contributed by atoms with E-state index in [1.165, 1.54) is 18.3 Å². The van der Waals surface area contributed by atoms with Crippen LogP contribution in [0.3, 0.4) is 0 Å². The SMILES string of the molecule is CCOc1cc(/C=N\Nc2nc(C)c(C(C)=O)s2)ccc1OC. The van der Waals surface area contributed by atoms with E-state index in [0.717, 1.165) is 5.56 Å². The summed E-state index contributed by atoms with van der Waals surface area (Å²) >= 11 is 1.29. The molecule has 1 N–H and O–H groups in total. The van der Waals surface area contributed by atoms with Crippen LogP contribution in [0.2, 0.25) is 0 Å². The lowest BCUT2D eigenvalue weighted by molar-refractivity contribution is 0.102. The molecule has 0 saturated heterocycles. The van der Waals surface area contributed by atoms with Crippen LogP contribution in [0.4, 0.5) is 5.13 Å². The molecule has 6 nitrogen and oxygen atoms in total. The second-order valence-corrected chi connectivity index (χ2v) is 5.70. The number of ether oxygens (including phenoxy) is 2. The number of methoxy groups -OCH3 is 1. The predicted octanol–water partition coefficient (Wildman–Crippen LogP) is 3.51. The maximum absolute atomic E-state index is 11.4. The van der Waals surface area contributed by atoms with Gasteiger partial charge in [0.25, 0.3) is 0 Å². The highest BCUT2D eigenvalue weighted by molar-refractivity contribution is 7.17. The monoisotopic (exact) mass is 333 g/mol. The molecule has 0 aliphatic rings. The van der Waals surface area contributed by atoms with Gasteiger partial charge < -0.3 is 9.47 Å². The summed E-state index contributed by atoms with van der Waals surface area (Å²) in [6.45, 7) is 5.81. The maximum Gasteiger partial charge on any atom is 0.204 e. The van der Waals surface area contributed by atoms with Crippen molar-refractivity contribution in [2.24, 2.45) is 5.10 Å². The zero-order valence-electron chi connectivity index (χ0n) is 13.5. The van der Waals surface area contributed by atoms with Crippen LogP contribution in [-0.4, -0.2) is 30.7 Å². The summed E-state index contributed by atoms with van der Waals surface area (Å²) in [5.41, 5.74) is 4.42. The normalized spacial score (nSPS) is 10.8. The summed E-state index contributed by atoms with van der Waals surface area (Å²) in [5, 5.41) is 4.73. The second-order valence-electron chi connectivity index (χ2n) is 4.70. The maximum atomic E-state index is 11.4. The molecule has 0 aliphatic carbocycles. The zero-order chi connectivity index (χ0) is 16.8. The van der Waals surface area contributed by atoms with E-state index < -0.39 is 0 Å². The first-order valence-corrected chi connectivity index (χ1v) is 7.95. The number of ketones is 1. The number of nitrogens with one attached hydrogen (secondary N) is 1. The topological polar surface area (TPSA) is 72.8 Å². The number of nitrogens with zero attached hydrogens (tertiary/aromatic N) is 2. The second kappa shape index (κ2) is 7.73. The third-order valence-electron chi connectivity index (χ3n) is 2.98. The zero-order valence-corrected chi connectivity index (χ0v) is 14.4. The summed E-state index contributed by atoms with van der Waals surface area (Å²) in [4.78, 5) is 16.3. The minimum Gasteiger partial charge on any atom is -0.493 e. The molecule has 1 aromatic heterocycles. The van der Waals surface area contributed by atoms with Gasteiger partial charge in [-0.3, -0.25) is 10.2 Å². The number of anilines is 1. The molecule has 0 saturated carbocycles. The molecule has 1 aromatic carbocycles. The summed E-state index contributed by atoms with van der Waals surface area (Å²) < 4.78 is 10.8. The molecule has 122 valence electrons. The van der Waals surface area contributed by atoms with Crippen LogP contribution >= 0.6 is 11.3 Å². The number of aryl methyl sites for hydroxylation is 1. The van der Waals surface area contributed by atoms with Crippen LogP contribution in [0.15, 0.2) is 23.3 Å². The highest BCUT2D eigenvalue weighted by Gasteiger charge is 2.10. The van der Waals surface area contributed by atoms with E-state index in [4.69, 9.17) is 9.47 Å².